The van der Waals surface area contributed by atoms with Gasteiger partial charge < -0.3 is 4.90 Å². The fourth-order valence-corrected chi connectivity index (χ4v) is 5.50. The van der Waals surface area contributed by atoms with Gasteiger partial charge in [-0.05, 0) is 55.0 Å². The number of unbranched alkanes of at least 4 members (excludes halogenated alkanes) is 4. The highest BCUT2D eigenvalue weighted by Crippen LogP contribution is 2.47. The highest BCUT2D eigenvalue weighted by Gasteiger charge is 2.40. The molecule has 2 heteroatoms. The summed E-state index contributed by atoms with van der Waals surface area (Å²) in [4.78, 5) is 2.48. The summed E-state index contributed by atoms with van der Waals surface area (Å²) < 4.78 is 1.21. The van der Waals surface area contributed by atoms with Crippen LogP contribution in [0.3, 0.4) is 0 Å². The van der Waals surface area contributed by atoms with E-state index in [1.54, 1.807) is 0 Å². The Morgan fingerprint density at radius 2 is 1.93 bits per heavy atom. The zero-order valence-electron chi connectivity index (χ0n) is 17.9. The minimum Gasteiger partial charge on any atom is -0.347 e. The Kier molecular flexibility index (Phi) is 8.26. The molecule has 3 rings (SSSR count). The maximum Gasteiger partial charge on any atom is 0.0446 e. The van der Waals surface area contributed by atoms with E-state index >= 15 is 0 Å². The fourth-order valence-electron chi connectivity index (χ4n) is 5.14. The van der Waals surface area contributed by atoms with E-state index in [1.165, 1.54) is 86.4 Å². The molecule has 0 saturated heterocycles. The van der Waals surface area contributed by atoms with Gasteiger partial charge in [0.25, 0.3) is 0 Å². The maximum atomic E-state index is 3.71. The lowest BCUT2D eigenvalue weighted by Gasteiger charge is -2.32. The monoisotopic (exact) mass is 443 g/mol. The third kappa shape index (κ3) is 5.75. The first kappa shape index (κ1) is 21.7. The number of hydrogen-bond acceptors (Lipinski definition) is 1. The Hall–Kier alpha value is -1.02. The predicted molar refractivity (Wildman–Crippen MR) is 127 cm³/mol. The van der Waals surface area contributed by atoms with Gasteiger partial charge in [-0.3, -0.25) is 0 Å². The third-order valence-corrected chi connectivity index (χ3v) is 7.13. The molecule has 0 aromatic heterocycles. The second kappa shape index (κ2) is 10.7. The van der Waals surface area contributed by atoms with E-state index in [2.05, 4.69) is 77.3 Å². The number of rotatable bonds is 9. The van der Waals surface area contributed by atoms with Crippen molar-refractivity contribution in [2.45, 2.75) is 89.9 Å². The summed E-state index contributed by atoms with van der Waals surface area (Å²) in [5.41, 5.74) is 3.18. The van der Waals surface area contributed by atoms with Crippen molar-refractivity contribution < 1.29 is 0 Å². The molecule has 1 nitrogen and oxygen atoms in total. The molecule has 1 aliphatic carbocycles. The summed E-state index contributed by atoms with van der Waals surface area (Å²) in [6, 6.07) is 6.86. The van der Waals surface area contributed by atoms with Gasteiger partial charge in [-0.1, -0.05) is 93.3 Å². The van der Waals surface area contributed by atoms with Gasteiger partial charge in [-0.15, -0.1) is 0 Å². The number of nitrogens with zero attached hydrogens (tertiary/aromatic N) is 1. The van der Waals surface area contributed by atoms with E-state index in [0.29, 0.717) is 0 Å². The van der Waals surface area contributed by atoms with Crippen LogP contribution in [0.1, 0.15) is 90.0 Å². The second-order valence-corrected chi connectivity index (χ2v) is 10.1. The van der Waals surface area contributed by atoms with Crippen LogP contribution < -0.4 is 4.90 Å². The first-order valence-electron chi connectivity index (χ1n) is 11.5. The van der Waals surface area contributed by atoms with Crippen LogP contribution >= 0.6 is 15.9 Å². The number of halogens is 1. The van der Waals surface area contributed by atoms with Gasteiger partial charge in [0.2, 0.25) is 0 Å². The lowest BCUT2D eigenvalue weighted by Crippen LogP contribution is -2.31. The molecule has 1 fully saturated rings. The normalized spacial score (nSPS) is 23.2. The first-order chi connectivity index (χ1) is 13.6. The largest absolute Gasteiger partial charge is 0.347 e. The Balaban J connectivity index is 1.65. The smallest absolute Gasteiger partial charge is 0.0446 e. The van der Waals surface area contributed by atoms with Crippen LogP contribution in [0.2, 0.25) is 0 Å². The molecule has 1 aliphatic heterocycles. The van der Waals surface area contributed by atoms with Gasteiger partial charge in [0, 0.05) is 28.3 Å². The van der Waals surface area contributed by atoms with Crippen molar-refractivity contribution in [3.63, 3.8) is 0 Å². The van der Waals surface area contributed by atoms with Gasteiger partial charge in [-0.2, -0.15) is 0 Å². The van der Waals surface area contributed by atoms with Crippen molar-refractivity contribution in [3.05, 3.63) is 52.7 Å². The highest BCUT2D eigenvalue weighted by atomic mass is 79.9. The summed E-state index contributed by atoms with van der Waals surface area (Å²) in [5, 5.41) is 0. The van der Waals surface area contributed by atoms with Crippen LogP contribution in [-0.2, 0) is 5.41 Å². The van der Waals surface area contributed by atoms with Crippen molar-refractivity contribution in [2.24, 2.45) is 5.92 Å². The summed E-state index contributed by atoms with van der Waals surface area (Å²) in [5.74, 6) is 0.900. The second-order valence-electron chi connectivity index (χ2n) is 9.18. The van der Waals surface area contributed by atoms with Crippen LogP contribution in [0.4, 0.5) is 5.69 Å². The van der Waals surface area contributed by atoms with E-state index in [-0.39, 0.29) is 5.41 Å². The molecule has 0 amide bonds. The molecule has 0 radical (unpaired) electrons. The molecule has 1 saturated carbocycles. The summed E-state index contributed by atoms with van der Waals surface area (Å²) in [6.45, 7) is 5.87. The van der Waals surface area contributed by atoms with Crippen LogP contribution in [0.5, 0.6) is 0 Å². The molecule has 0 bridgehead atoms. The van der Waals surface area contributed by atoms with Gasteiger partial charge in [0.15, 0.2) is 0 Å². The Morgan fingerprint density at radius 1 is 1.11 bits per heavy atom. The van der Waals surface area contributed by atoms with E-state index in [9.17, 15) is 0 Å². The molecular formula is C26H38BrN. The van der Waals surface area contributed by atoms with Crippen molar-refractivity contribution >= 4 is 21.6 Å². The minimum atomic E-state index is 0.259. The average Bonchev–Trinajstić information content (AvgIpc) is 2.96. The fraction of sp³-hybridized carbons (Fsp3) is 0.615. The Morgan fingerprint density at radius 3 is 2.71 bits per heavy atom. The molecule has 1 unspecified atom stereocenters. The molecule has 0 spiro atoms. The lowest BCUT2D eigenvalue weighted by atomic mass is 9.73. The minimum absolute atomic E-state index is 0.259. The zero-order valence-corrected chi connectivity index (χ0v) is 19.5. The highest BCUT2D eigenvalue weighted by molar-refractivity contribution is 9.10. The summed E-state index contributed by atoms with van der Waals surface area (Å²) >= 11 is 3.71. The van der Waals surface area contributed by atoms with E-state index < -0.39 is 0 Å². The van der Waals surface area contributed by atoms with Gasteiger partial charge >= 0.3 is 0 Å². The molecule has 1 aromatic carbocycles. The molecule has 1 aromatic rings. The molecule has 1 heterocycles. The lowest BCUT2D eigenvalue weighted by molar-refractivity contribution is 0.277. The quantitative estimate of drug-likeness (QED) is 0.272. The SMILES string of the molecule is CCCCCCC=CC=CN1CC(C)(CC2CCCCC2)c2cc(Br)ccc21. The van der Waals surface area contributed by atoms with Crippen molar-refractivity contribution in [3.8, 4) is 0 Å². The first-order valence-corrected chi connectivity index (χ1v) is 12.3. The summed E-state index contributed by atoms with van der Waals surface area (Å²) in [6.07, 6.45) is 24.1. The van der Waals surface area contributed by atoms with Crippen molar-refractivity contribution in [2.75, 3.05) is 11.4 Å². The molecular weight excluding hydrogens is 406 g/mol. The number of benzene rings is 1. The third-order valence-electron chi connectivity index (χ3n) is 6.64. The topological polar surface area (TPSA) is 3.24 Å². The van der Waals surface area contributed by atoms with E-state index in [1.807, 2.05) is 0 Å². The molecule has 154 valence electrons. The molecule has 28 heavy (non-hydrogen) atoms. The van der Waals surface area contributed by atoms with Gasteiger partial charge in [-0.25, -0.2) is 0 Å². The predicted octanol–water partition coefficient (Wildman–Crippen LogP) is 8.54. The van der Waals surface area contributed by atoms with Gasteiger partial charge in [0.1, 0.15) is 0 Å². The standard InChI is InChI=1S/C26H38BrN/c1-3-4-5-6-7-8-9-13-18-28-21-26(2,20-22-14-11-10-12-15-22)24-19-23(27)16-17-25(24)28/h8-9,13,16-19,22H,3-7,10-12,14-15,20-21H2,1-2H3. The number of allylic oxidation sites excluding steroid dienone is 3. The van der Waals surface area contributed by atoms with Crippen LogP contribution in [0.25, 0.3) is 0 Å². The summed E-state index contributed by atoms with van der Waals surface area (Å²) in [7, 11) is 0. The van der Waals surface area contributed by atoms with Gasteiger partial charge in [0.05, 0.1) is 0 Å². The van der Waals surface area contributed by atoms with Crippen LogP contribution in [0.15, 0.2) is 47.1 Å². The number of anilines is 1. The Labute approximate surface area is 181 Å². The maximum absolute atomic E-state index is 3.71. The number of fused-ring (bicyclic) bond motifs is 1. The molecule has 0 N–H and O–H groups in total. The van der Waals surface area contributed by atoms with Crippen LogP contribution in [0, 0.1) is 5.92 Å². The van der Waals surface area contributed by atoms with Crippen molar-refractivity contribution in [1.29, 1.82) is 0 Å². The van der Waals surface area contributed by atoms with Crippen LogP contribution in [-0.4, -0.2) is 6.54 Å². The van der Waals surface area contributed by atoms with Crippen molar-refractivity contribution in [1.82, 2.24) is 0 Å². The average molecular weight is 445 g/mol. The Bertz CT molecular complexity index is 671. The molecule has 2 aliphatic rings. The number of hydrogen-bond donors (Lipinski definition) is 0. The molecule has 1 atom stereocenters. The van der Waals surface area contributed by atoms with E-state index in [0.717, 1.165) is 12.5 Å². The zero-order chi connectivity index (χ0) is 19.8. The van der Waals surface area contributed by atoms with E-state index in [4.69, 9.17) is 0 Å².